The van der Waals surface area contributed by atoms with Gasteiger partial charge in [-0.1, -0.05) is 63.4 Å². The molecule has 2 saturated heterocycles. The van der Waals surface area contributed by atoms with E-state index in [1.54, 1.807) is 28.4 Å². The van der Waals surface area contributed by atoms with Crippen LogP contribution in [-0.4, -0.2) is 80.9 Å². The molecular formula is C33H52N4O3S2. The van der Waals surface area contributed by atoms with Crippen LogP contribution >= 0.6 is 23.5 Å². The van der Waals surface area contributed by atoms with Crippen molar-refractivity contribution in [3.05, 3.63) is 35.9 Å². The van der Waals surface area contributed by atoms with E-state index >= 15 is 0 Å². The Morgan fingerprint density at radius 2 is 1.71 bits per heavy atom. The monoisotopic (exact) mass is 616 g/mol. The molecule has 0 radical (unpaired) electrons. The molecule has 1 unspecified atom stereocenters. The van der Waals surface area contributed by atoms with Gasteiger partial charge in [0.05, 0.1) is 4.87 Å². The Hall–Kier alpha value is -1.71. The van der Waals surface area contributed by atoms with Crippen LogP contribution in [0, 0.1) is 11.8 Å². The summed E-state index contributed by atoms with van der Waals surface area (Å²) in [6.45, 7) is 10.9. The molecule has 2 heterocycles. The smallest absolute Gasteiger partial charge is 0.244 e. The summed E-state index contributed by atoms with van der Waals surface area (Å²) in [6.07, 6.45) is 8.66. The summed E-state index contributed by atoms with van der Waals surface area (Å²) in [5, 5.41) is 6.40. The van der Waals surface area contributed by atoms with E-state index in [2.05, 4.69) is 39.8 Å². The predicted octanol–water partition coefficient (Wildman–Crippen LogP) is 5.29. The molecule has 2 aliphatic heterocycles. The summed E-state index contributed by atoms with van der Waals surface area (Å²) in [5.74, 6) is 2.77. The van der Waals surface area contributed by atoms with Crippen molar-refractivity contribution >= 4 is 41.2 Å². The molecular weight excluding hydrogens is 565 g/mol. The van der Waals surface area contributed by atoms with Crippen LogP contribution < -0.4 is 10.6 Å². The molecule has 0 bridgehead atoms. The van der Waals surface area contributed by atoms with E-state index in [-0.39, 0.29) is 29.7 Å². The Kier molecular flexibility index (Phi) is 12.5. The molecule has 1 aromatic carbocycles. The van der Waals surface area contributed by atoms with Crippen LogP contribution in [0.4, 0.5) is 0 Å². The van der Waals surface area contributed by atoms with Crippen LogP contribution in [0.25, 0.3) is 0 Å². The first-order valence-electron chi connectivity index (χ1n) is 16.0. The zero-order valence-electron chi connectivity index (χ0n) is 26.1. The van der Waals surface area contributed by atoms with Gasteiger partial charge in [-0.15, -0.1) is 11.8 Å². The molecule has 234 valence electrons. The molecule has 0 spiro atoms. The van der Waals surface area contributed by atoms with Gasteiger partial charge in [-0.3, -0.25) is 19.3 Å². The number of benzene rings is 1. The minimum Gasteiger partial charge on any atom is -0.351 e. The van der Waals surface area contributed by atoms with Gasteiger partial charge in [0.1, 0.15) is 12.1 Å². The second-order valence-electron chi connectivity index (χ2n) is 13.3. The van der Waals surface area contributed by atoms with Crippen molar-refractivity contribution in [3.63, 3.8) is 0 Å². The number of carbonyl (C=O) groups is 3. The molecule has 3 fully saturated rings. The lowest BCUT2D eigenvalue weighted by molar-refractivity contribution is -0.143. The summed E-state index contributed by atoms with van der Waals surface area (Å²) in [6, 6.07) is 9.46. The van der Waals surface area contributed by atoms with E-state index in [9.17, 15) is 14.4 Å². The highest BCUT2D eigenvalue weighted by Gasteiger charge is 2.47. The first kappa shape index (κ1) is 33.2. The minimum absolute atomic E-state index is 0.00934. The van der Waals surface area contributed by atoms with Crippen LogP contribution in [0.2, 0.25) is 0 Å². The minimum atomic E-state index is -0.607. The average molecular weight is 617 g/mol. The lowest BCUT2D eigenvalue weighted by Gasteiger charge is -2.35. The fourth-order valence-electron chi connectivity index (χ4n) is 6.45. The van der Waals surface area contributed by atoms with Gasteiger partial charge in [0, 0.05) is 43.6 Å². The van der Waals surface area contributed by atoms with Gasteiger partial charge in [0.2, 0.25) is 17.7 Å². The maximum absolute atomic E-state index is 13.7. The second kappa shape index (κ2) is 15.8. The number of hydrogen-bond acceptors (Lipinski definition) is 6. The lowest BCUT2D eigenvalue weighted by Crippen LogP contribution is -2.58. The average Bonchev–Trinajstić information content (AvgIpc) is 3.29. The number of piperidine rings is 1. The van der Waals surface area contributed by atoms with Gasteiger partial charge >= 0.3 is 0 Å². The highest BCUT2D eigenvalue weighted by atomic mass is 32.2. The Morgan fingerprint density at radius 1 is 1.02 bits per heavy atom. The predicted molar refractivity (Wildman–Crippen MR) is 175 cm³/mol. The fraction of sp³-hybridized carbons (Fsp3) is 0.727. The van der Waals surface area contributed by atoms with Crippen molar-refractivity contribution in [1.82, 2.24) is 20.4 Å². The van der Waals surface area contributed by atoms with Crippen LogP contribution in [0.15, 0.2) is 30.3 Å². The molecule has 1 aliphatic carbocycles. The molecule has 3 aliphatic rings. The van der Waals surface area contributed by atoms with Gasteiger partial charge in [-0.25, -0.2) is 0 Å². The third-order valence-electron chi connectivity index (χ3n) is 8.82. The molecule has 4 rings (SSSR count). The van der Waals surface area contributed by atoms with Crippen molar-refractivity contribution in [1.29, 1.82) is 0 Å². The van der Waals surface area contributed by atoms with Crippen molar-refractivity contribution in [2.75, 3.05) is 30.3 Å². The zero-order valence-corrected chi connectivity index (χ0v) is 27.7. The molecule has 1 aromatic rings. The highest BCUT2D eigenvalue weighted by Crippen LogP contribution is 2.39. The number of amides is 3. The SMILES string of the molecule is CC(C)CC(=O)N1C(C(=O)N[C@@H](CSCC2CCCCC2)C(=O)NC2CCN(Cc3ccccc3)CC2)CSC1(C)C. The number of nitrogens with zero attached hydrogens (tertiary/aromatic N) is 2. The maximum Gasteiger partial charge on any atom is 0.244 e. The topological polar surface area (TPSA) is 81.8 Å². The molecule has 3 amide bonds. The molecule has 2 N–H and O–H groups in total. The number of rotatable bonds is 12. The van der Waals surface area contributed by atoms with Crippen LogP contribution in [-0.2, 0) is 20.9 Å². The maximum atomic E-state index is 13.7. The van der Waals surface area contributed by atoms with E-state index < -0.39 is 17.0 Å². The molecule has 42 heavy (non-hydrogen) atoms. The van der Waals surface area contributed by atoms with Gasteiger partial charge < -0.3 is 15.5 Å². The van der Waals surface area contributed by atoms with E-state index in [1.165, 1.54) is 37.7 Å². The zero-order chi connectivity index (χ0) is 30.1. The number of likely N-dealkylation sites (tertiary alicyclic amines) is 1. The molecule has 7 nitrogen and oxygen atoms in total. The Bertz CT molecular complexity index is 1020. The van der Waals surface area contributed by atoms with Gasteiger partial charge in [-0.05, 0) is 62.7 Å². The molecule has 0 aromatic heterocycles. The number of thioether (sulfide) groups is 2. The van der Waals surface area contributed by atoms with Crippen molar-refractivity contribution in [2.24, 2.45) is 11.8 Å². The van der Waals surface area contributed by atoms with E-state index in [0.29, 0.717) is 23.8 Å². The number of nitrogens with one attached hydrogen (secondary N) is 2. The first-order chi connectivity index (χ1) is 20.1. The third-order valence-corrected chi connectivity index (χ3v) is 11.5. The van der Waals surface area contributed by atoms with Crippen molar-refractivity contribution in [2.45, 2.75) is 109 Å². The summed E-state index contributed by atoms with van der Waals surface area (Å²) in [7, 11) is 0. The quantitative estimate of drug-likeness (QED) is 0.332. The van der Waals surface area contributed by atoms with Gasteiger partial charge in [0.25, 0.3) is 0 Å². The van der Waals surface area contributed by atoms with E-state index in [0.717, 1.165) is 38.2 Å². The van der Waals surface area contributed by atoms with Gasteiger partial charge in [0.15, 0.2) is 0 Å². The van der Waals surface area contributed by atoms with Crippen LogP contribution in [0.1, 0.15) is 84.6 Å². The third kappa shape index (κ3) is 9.65. The Balaban J connectivity index is 1.36. The molecule has 9 heteroatoms. The Morgan fingerprint density at radius 3 is 2.38 bits per heavy atom. The van der Waals surface area contributed by atoms with E-state index in [4.69, 9.17) is 0 Å². The highest BCUT2D eigenvalue weighted by molar-refractivity contribution is 8.00. The standard InChI is InChI=1S/C33H52N4O3S2/c1-24(2)19-30(38)37-29(23-42-33(37,3)4)32(40)35-28(22-41-21-26-13-9-6-10-14-26)31(39)34-27-15-17-36(18-16-27)20-25-11-7-5-8-12-25/h5,7-8,11-12,24,26-29H,6,9-10,13-23H2,1-4H3,(H,34,39)(H,35,40)/t28-,29?/m0/s1. The van der Waals surface area contributed by atoms with Crippen molar-refractivity contribution in [3.8, 4) is 0 Å². The Labute approximate surface area is 262 Å². The second-order valence-corrected chi connectivity index (χ2v) is 16.0. The van der Waals surface area contributed by atoms with E-state index in [1.807, 2.05) is 33.8 Å². The summed E-state index contributed by atoms with van der Waals surface area (Å²) >= 11 is 3.42. The molecule has 2 atom stereocenters. The lowest BCUT2D eigenvalue weighted by atomic mass is 9.91. The fourth-order valence-corrected chi connectivity index (χ4v) is 8.96. The molecule has 1 saturated carbocycles. The number of hydrogen-bond donors (Lipinski definition) is 2. The van der Waals surface area contributed by atoms with Crippen LogP contribution in [0.5, 0.6) is 0 Å². The summed E-state index contributed by atoms with van der Waals surface area (Å²) < 4.78 is 0. The summed E-state index contributed by atoms with van der Waals surface area (Å²) in [5.41, 5.74) is 1.31. The van der Waals surface area contributed by atoms with Crippen LogP contribution in [0.3, 0.4) is 0 Å². The van der Waals surface area contributed by atoms with Crippen molar-refractivity contribution < 1.29 is 14.4 Å². The normalized spacial score (nSPS) is 22.7. The van der Waals surface area contributed by atoms with Gasteiger partial charge in [-0.2, -0.15) is 11.8 Å². The largest absolute Gasteiger partial charge is 0.351 e. The summed E-state index contributed by atoms with van der Waals surface area (Å²) in [4.78, 5) is 44.3. The first-order valence-corrected chi connectivity index (χ1v) is 18.2. The number of carbonyl (C=O) groups excluding carboxylic acids is 3.